The Labute approximate surface area is 178 Å². The van der Waals surface area contributed by atoms with Crippen LogP contribution in [0.15, 0.2) is 72.4 Å². The van der Waals surface area contributed by atoms with Gasteiger partial charge in [-0.2, -0.15) is 0 Å². The van der Waals surface area contributed by atoms with Crippen molar-refractivity contribution in [2.75, 3.05) is 10.2 Å². The Bertz CT molecular complexity index is 1210. The van der Waals surface area contributed by atoms with Crippen molar-refractivity contribution >= 4 is 40.4 Å². The van der Waals surface area contributed by atoms with Crippen molar-refractivity contribution < 1.29 is 14.0 Å². The Kier molecular flexibility index (Phi) is 5.14. The van der Waals surface area contributed by atoms with E-state index < -0.39 is 17.6 Å². The summed E-state index contributed by atoms with van der Waals surface area (Å²) < 4.78 is 13.6. The normalized spacial score (nSPS) is 13.9. The monoisotopic (exact) mass is 420 g/mol. The molecule has 0 unspecified atom stereocenters. The molecule has 0 aliphatic carbocycles. The number of anilines is 2. The lowest BCUT2D eigenvalue weighted by molar-refractivity contribution is -0.120. The van der Waals surface area contributed by atoms with Gasteiger partial charge in [-0.15, -0.1) is 0 Å². The number of carbonyl (C=O) groups is 2. The summed E-state index contributed by atoms with van der Waals surface area (Å²) in [4.78, 5) is 27.7. The van der Waals surface area contributed by atoms with Crippen LogP contribution in [0, 0.1) is 19.7 Å². The number of nitrogens with zero attached hydrogens (tertiary/aromatic N) is 1. The SMILES string of the molecule is Cc1ccc(C)c(NC2=C(c3ccccc3)C(=O)N(c3ccc(F)c(Cl)c3)C2=O)c1. The average molecular weight is 421 g/mol. The molecule has 4 nitrogen and oxygen atoms in total. The van der Waals surface area contributed by atoms with Gasteiger partial charge in [0.25, 0.3) is 11.8 Å². The predicted octanol–water partition coefficient (Wildman–Crippen LogP) is 5.49. The lowest BCUT2D eigenvalue weighted by Gasteiger charge is -2.16. The highest BCUT2D eigenvalue weighted by molar-refractivity contribution is 6.46. The molecule has 1 heterocycles. The van der Waals surface area contributed by atoms with E-state index in [1.165, 1.54) is 12.1 Å². The Hall–Kier alpha value is -3.44. The van der Waals surface area contributed by atoms with E-state index in [0.29, 0.717) is 5.56 Å². The van der Waals surface area contributed by atoms with E-state index in [0.717, 1.165) is 27.8 Å². The van der Waals surface area contributed by atoms with Gasteiger partial charge in [0.1, 0.15) is 11.5 Å². The molecule has 4 rings (SSSR count). The molecule has 0 aromatic heterocycles. The van der Waals surface area contributed by atoms with E-state index in [9.17, 15) is 14.0 Å². The third-order valence-electron chi connectivity index (χ3n) is 4.96. The number of rotatable bonds is 4. The first kappa shape index (κ1) is 19.9. The molecule has 0 fully saturated rings. The van der Waals surface area contributed by atoms with Gasteiger partial charge in [0.2, 0.25) is 0 Å². The maximum absolute atomic E-state index is 13.6. The molecule has 30 heavy (non-hydrogen) atoms. The van der Waals surface area contributed by atoms with Crippen LogP contribution in [0.2, 0.25) is 5.02 Å². The highest BCUT2D eigenvalue weighted by Gasteiger charge is 2.40. The van der Waals surface area contributed by atoms with Crippen LogP contribution in [0.25, 0.3) is 5.57 Å². The number of hydrogen-bond donors (Lipinski definition) is 1. The largest absolute Gasteiger partial charge is 0.350 e. The Morgan fingerprint density at radius 1 is 0.900 bits per heavy atom. The first-order valence-electron chi connectivity index (χ1n) is 9.34. The zero-order valence-electron chi connectivity index (χ0n) is 16.4. The fraction of sp³-hybridized carbons (Fsp3) is 0.0833. The van der Waals surface area contributed by atoms with Gasteiger partial charge in [-0.3, -0.25) is 9.59 Å². The number of aryl methyl sites for hydroxylation is 2. The summed E-state index contributed by atoms with van der Waals surface area (Å²) in [6.45, 7) is 3.87. The molecule has 150 valence electrons. The fourth-order valence-corrected chi connectivity index (χ4v) is 3.56. The molecular formula is C24H18ClFN2O2. The average Bonchev–Trinajstić information content (AvgIpc) is 2.97. The molecule has 0 saturated carbocycles. The molecule has 1 aliphatic rings. The third-order valence-corrected chi connectivity index (χ3v) is 5.25. The molecule has 3 aromatic rings. The lowest BCUT2D eigenvalue weighted by atomic mass is 10.0. The zero-order chi connectivity index (χ0) is 21.4. The van der Waals surface area contributed by atoms with Crippen molar-refractivity contribution in [1.82, 2.24) is 0 Å². The van der Waals surface area contributed by atoms with Crippen LogP contribution in [-0.4, -0.2) is 11.8 Å². The second-order valence-electron chi connectivity index (χ2n) is 7.10. The minimum Gasteiger partial charge on any atom is -0.350 e. The van der Waals surface area contributed by atoms with Crippen molar-refractivity contribution in [1.29, 1.82) is 0 Å². The van der Waals surface area contributed by atoms with Crippen LogP contribution < -0.4 is 10.2 Å². The number of carbonyl (C=O) groups excluding carboxylic acids is 2. The summed E-state index contributed by atoms with van der Waals surface area (Å²) in [5, 5.41) is 3.00. The van der Waals surface area contributed by atoms with Gasteiger partial charge in [-0.1, -0.05) is 54.1 Å². The Morgan fingerprint density at radius 2 is 1.63 bits per heavy atom. The van der Waals surface area contributed by atoms with Gasteiger partial charge in [-0.05, 0) is 54.8 Å². The summed E-state index contributed by atoms with van der Waals surface area (Å²) in [6, 6.07) is 18.6. The van der Waals surface area contributed by atoms with Crippen molar-refractivity contribution in [2.45, 2.75) is 13.8 Å². The molecular weight excluding hydrogens is 403 g/mol. The number of benzene rings is 3. The summed E-state index contributed by atoms with van der Waals surface area (Å²) in [5.74, 6) is -1.64. The van der Waals surface area contributed by atoms with E-state index in [4.69, 9.17) is 11.6 Å². The quantitative estimate of drug-likeness (QED) is 0.567. The molecule has 3 aromatic carbocycles. The first-order valence-corrected chi connectivity index (χ1v) is 9.72. The molecule has 0 radical (unpaired) electrons. The van der Waals surface area contributed by atoms with Gasteiger partial charge in [0.15, 0.2) is 0 Å². The van der Waals surface area contributed by atoms with E-state index >= 15 is 0 Å². The van der Waals surface area contributed by atoms with E-state index in [1.54, 1.807) is 24.3 Å². The van der Waals surface area contributed by atoms with E-state index in [-0.39, 0.29) is 22.0 Å². The minimum absolute atomic E-state index is 0.162. The number of hydrogen-bond acceptors (Lipinski definition) is 3. The zero-order valence-corrected chi connectivity index (χ0v) is 17.1. The lowest BCUT2D eigenvalue weighted by Crippen LogP contribution is -2.32. The second kappa shape index (κ2) is 7.76. The first-order chi connectivity index (χ1) is 14.4. The van der Waals surface area contributed by atoms with Crippen LogP contribution in [0.1, 0.15) is 16.7 Å². The van der Waals surface area contributed by atoms with Crippen LogP contribution in [0.4, 0.5) is 15.8 Å². The summed E-state index contributed by atoms with van der Waals surface area (Å²) >= 11 is 5.89. The van der Waals surface area contributed by atoms with Crippen LogP contribution in [0.3, 0.4) is 0 Å². The maximum Gasteiger partial charge on any atom is 0.282 e. The van der Waals surface area contributed by atoms with Gasteiger partial charge in [-0.25, -0.2) is 9.29 Å². The number of amides is 2. The van der Waals surface area contributed by atoms with Gasteiger partial charge in [0.05, 0.1) is 16.3 Å². The van der Waals surface area contributed by atoms with E-state index in [1.807, 2.05) is 38.1 Å². The summed E-state index contributed by atoms with van der Waals surface area (Å²) in [6.07, 6.45) is 0. The van der Waals surface area contributed by atoms with Crippen molar-refractivity contribution in [3.05, 3.63) is 100.0 Å². The summed E-state index contributed by atoms with van der Waals surface area (Å²) in [5.41, 5.74) is 3.93. The number of halogens is 2. The van der Waals surface area contributed by atoms with Crippen LogP contribution in [-0.2, 0) is 9.59 Å². The molecule has 0 atom stereocenters. The van der Waals surface area contributed by atoms with Gasteiger partial charge >= 0.3 is 0 Å². The Morgan fingerprint density at radius 3 is 2.33 bits per heavy atom. The molecule has 0 spiro atoms. The molecule has 1 aliphatic heterocycles. The van der Waals surface area contributed by atoms with Crippen molar-refractivity contribution in [3.63, 3.8) is 0 Å². The van der Waals surface area contributed by atoms with Gasteiger partial charge in [0, 0.05) is 5.69 Å². The number of imide groups is 1. The number of nitrogens with one attached hydrogen (secondary N) is 1. The van der Waals surface area contributed by atoms with E-state index in [2.05, 4.69) is 5.32 Å². The molecule has 6 heteroatoms. The smallest absolute Gasteiger partial charge is 0.282 e. The van der Waals surface area contributed by atoms with Crippen molar-refractivity contribution in [3.8, 4) is 0 Å². The maximum atomic E-state index is 13.6. The van der Waals surface area contributed by atoms with Crippen LogP contribution >= 0.6 is 11.6 Å². The minimum atomic E-state index is -0.621. The molecule has 0 saturated heterocycles. The predicted molar refractivity (Wildman–Crippen MR) is 117 cm³/mol. The molecule has 2 amide bonds. The third kappa shape index (κ3) is 3.48. The standard InChI is InChI=1S/C24H18ClFN2O2/c1-14-8-9-15(2)20(12-14)27-22-21(16-6-4-3-5-7-16)23(29)28(24(22)30)17-10-11-19(26)18(25)13-17/h3-13,27H,1-2H3. The van der Waals surface area contributed by atoms with Crippen molar-refractivity contribution in [2.24, 2.45) is 0 Å². The topological polar surface area (TPSA) is 49.4 Å². The highest BCUT2D eigenvalue weighted by atomic mass is 35.5. The molecule has 1 N–H and O–H groups in total. The van der Waals surface area contributed by atoms with Gasteiger partial charge < -0.3 is 5.32 Å². The Balaban J connectivity index is 1.84. The highest BCUT2D eigenvalue weighted by Crippen LogP contribution is 2.35. The molecule has 0 bridgehead atoms. The fourth-order valence-electron chi connectivity index (χ4n) is 3.38. The second-order valence-corrected chi connectivity index (χ2v) is 7.51. The van der Waals surface area contributed by atoms with Crippen LogP contribution in [0.5, 0.6) is 0 Å². The summed E-state index contributed by atoms with van der Waals surface area (Å²) in [7, 11) is 0.